The van der Waals surface area contributed by atoms with E-state index in [9.17, 15) is 0 Å². The lowest BCUT2D eigenvalue weighted by Gasteiger charge is -2.14. The third-order valence-corrected chi connectivity index (χ3v) is 3.82. The first-order valence-corrected chi connectivity index (χ1v) is 8.43. The van der Waals surface area contributed by atoms with E-state index in [4.69, 9.17) is 9.15 Å². The first kappa shape index (κ1) is 17.2. The molecule has 1 heterocycles. The average molecular weight is 337 g/mol. The molecule has 5 nitrogen and oxygen atoms in total. The standard InChI is InChI=1S/C20H23N3O2/c1-4-24-18-10-8-16(9-11-18)13-23(3)14-19-21-22-20(25-19)17-7-5-6-15(2)12-17/h5-12H,4,13-14H2,1-3H3. The number of aromatic nitrogens is 2. The van der Waals surface area contributed by atoms with Gasteiger partial charge in [0.15, 0.2) is 0 Å². The number of rotatable bonds is 7. The molecular weight excluding hydrogens is 314 g/mol. The summed E-state index contributed by atoms with van der Waals surface area (Å²) in [6.07, 6.45) is 0. The number of benzene rings is 2. The van der Waals surface area contributed by atoms with Gasteiger partial charge in [-0.25, -0.2) is 0 Å². The van der Waals surface area contributed by atoms with Crippen molar-refractivity contribution >= 4 is 0 Å². The minimum Gasteiger partial charge on any atom is -0.494 e. The lowest BCUT2D eigenvalue weighted by atomic mass is 10.1. The molecule has 3 aromatic rings. The third-order valence-electron chi connectivity index (χ3n) is 3.82. The second-order valence-electron chi connectivity index (χ2n) is 6.12. The zero-order chi connectivity index (χ0) is 17.6. The van der Waals surface area contributed by atoms with Gasteiger partial charge in [-0.15, -0.1) is 10.2 Å². The van der Waals surface area contributed by atoms with Crippen molar-refractivity contribution in [1.82, 2.24) is 15.1 Å². The van der Waals surface area contributed by atoms with Crippen molar-refractivity contribution in [1.29, 1.82) is 0 Å². The topological polar surface area (TPSA) is 51.4 Å². The molecule has 3 rings (SSSR count). The Kier molecular flexibility index (Phi) is 5.46. The minimum absolute atomic E-state index is 0.563. The summed E-state index contributed by atoms with van der Waals surface area (Å²) in [4.78, 5) is 2.14. The lowest BCUT2D eigenvalue weighted by Crippen LogP contribution is -2.17. The summed E-state index contributed by atoms with van der Waals surface area (Å²) < 4.78 is 11.3. The maximum absolute atomic E-state index is 5.80. The van der Waals surface area contributed by atoms with Crippen LogP contribution in [0.5, 0.6) is 5.75 Å². The molecule has 5 heteroatoms. The zero-order valence-electron chi connectivity index (χ0n) is 14.9. The molecule has 0 amide bonds. The van der Waals surface area contributed by atoms with Crippen LogP contribution in [-0.2, 0) is 13.1 Å². The molecule has 0 aliphatic heterocycles. The van der Waals surface area contributed by atoms with Crippen molar-refractivity contribution in [2.24, 2.45) is 0 Å². The van der Waals surface area contributed by atoms with Crippen LogP contribution >= 0.6 is 0 Å². The fourth-order valence-electron chi connectivity index (χ4n) is 2.67. The molecule has 0 aliphatic carbocycles. The van der Waals surface area contributed by atoms with Crippen LogP contribution in [0.1, 0.15) is 23.9 Å². The van der Waals surface area contributed by atoms with E-state index in [1.165, 1.54) is 11.1 Å². The van der Waals surface area contributed by atoms with E-state index >= 15 is 0 Å². The van der Waals surface area contributed by atoms with Gasteiger partial charge in [-0.05, 0) is 50.7 Å². The third kappa shape index (κ3) is 4.67. The Labute approximate surface area is 148 Å². The Morgan fingerprint density at radius 2 is 1.84 bits per heavy atom. The maximum atomic E-state index is 5.80. The van der Waals surface area contributed by atoms with Crippen LogP contribution in [0.2, 0.25) is 0 Å². The summed E-state index contributed by atoms with van der Waals surface area (Å²) in [7, 11) is 2.03. The van der Waals surface area contributed by atoms with Crippen LogP contribution in [0.25, 0.3) is 11.5 Å². The first-order valence-electron chi connectivity index (χ1n) is 8.43. The Hall–Kier alpha value is -2.66. The molecule has 0 aliphatic rings. The molecule has 0 unspecified atom stereocenters. The summed E-state index contributed by atoms with van der Waals surface area (Å²) in [6, 6.07) is 16.2. The average Bonchev–Trinajstić information content (AvgIpc) is 3.05. The molecular formula is C20H23N3O2. The molecule has 0 atom stereocenters. The van der Waals surface area contributed by atoms with E-state index in [2.05, 4.69) is 27.2 Å². The molecule has 0 N–H and O–H groups in total. The van der Waals surface area contributed by atoms with Gasteiger partial charge in [0.1, 0.15) is 5.75 Å². The van der Waals surface area contributed by atoms with Gasteiger partial charge in [0.05, 0.1) is 13.2 Å². The van der Waals surface area contributed by atoms with E-state index < -0.39 is 0 Å². The number of ether oxygens (including phenoxy) is 1. The van der Waals surface area contributed by atoms with Crippen molar-refractivity contribution in [3.05, 3.63) is 65.5 Å². The predicted molar refractivity (Wildman–Crippen MR) is 97.3 cm³/mol. The van der Waals surface area contributed by atoms with E-state index in [1.54, 1.807) is 0 Å². The Bertz CT molecular complexity index is 812. The quantitative estimate of drug-likeness (QED) is 0.650. The lowest BCUT2D eigenvalue weighted by molar-refractivity contribution is 0.282. The Morgan fingerprint density at radius 1 is 1.04 bits per heavy atom. The van der Waals surface area contributed by atoms with Gasteiger partial charge in [-0.2, -0.15) is 0 Å². The number of nitrogens with zero attached hydrogens (tertiary/aromatic N) is 3. The number of hydrogen-bond acceptors (Lipinski definition) is 5. The van der Waals surface area contributed by atoms with Gasteiger partial charge in [-0.1, -0.05) is 29.8 Å². The van der Waals surface area contributed by atoms with Crippen LogP contribution in [0.15, 0.2) is 52.9 Å². The van der Waals surface area contributed by atoms with Crippen molar-refractivity contribution in [3.8, 4) is 17.2 Å². The van der Waals surface area contributed by atoms with Gasteiger partial charge in [0.2, 0.25) is 11.8 Å². The fraction of sp³-hybridized carbons (Fsp3) is 0.300. The molecule has 0 saturated carbocycles. The van der Waals surface area contributed by atoms with Crippen molar-refractivity contribution < 1.29 is 9.15 Å². The molecule has 25 heavy (non-hydrogen) atoms. The van der Waals surface area contributed by atoms with Crippen LogP contribution in [-0.4, -0.2) is 28.8 Å². The Balaban J connectivity index is 1.60. The summed E-state index contributed by atoms with van der Waals surface area (Å²) in [5, 5.41) is 8.32. The smallest absolute Gasteiger partial charge is 0.247 e. The highest BCUT2D eigenvalue weighted by Gasteiger charge is 2.11. The predicted octanol–water partition coefficient (Wildman–Crippen LogP) is 4.08. The molecule has 0 spiro atoms. The van der Waals surface area contributed by atoms with E-state index in [-0.39, 0.29) is 0 Å². The number of aryl methyl sites for hydroxylation is 1. The molecule has 0 bridgehead atoms. The molecule has 0 saturated heterocycles. The van der Waals surface area contributed by atoms with Gasteiger partial charge < -0.3 is 9.15 Å². The summed E-state index contributed by atoms with van der Waals surface area (Å²) in [5.41, 5.74) is 3.34. The van der Waals surface area contributed by atoms with Gasteiger partial charge in [0.25, 0.3) is 0 Å². The van der Waals surface area contributed by atoms with Crippen molar-refractivity contribution in [2.75, 3.05) is 13.7 Å². The van der Waals surface area contributed by atoms with Crippen LogP contribution in [0.4, 0.5) is 0 Å². The fourth-order valence-corrected chi connectivity index (χ4v) is 2.67. The first-order chi connectivity index (χ1) is 12.1. The summed E-state index contributed by atoms with van der Waals surface area (Å²) in [6.45, 7) is 6.11. The molecule has 2 aromatic carbocycles. The van der Waals surface area contributed by atoms with Crippen molar-refractivity contribution in [2.45, 2.75) is 26.9 Å². The summed E-state index contributed by atoms with van der Waals surface area (Å²) >= 11 is 0. The number of hydrogen-bond donors (Lipinski definition) is 0. The normalized spacial score (nSPS) is 11.0. The highest BCUT2D eigenvalue weighted by Crippen LogP contribution is 2.20. The molecule has 130 valence electrons. The van der Waals surface area contributed by atoms with Crippen LogP contribution < -0.4 is 4.74 Å². The van der Waals surface area contributed by atoms with E-state index in [0.717, 1.165) is 17.9 Å². The molecule has 0 radical (unpaired) electrons. The van der Waals surface area contributed by atoms with Crippen LogP contribution in [0, 0.1) is 6.92 Å². The van der Waals surface area contributed by atoms with Gasteiger partial charge in [0, 0.05) is 12.1 Å². The second kappa shape index (κ2) is 7.94. The highest BCUT2D eigenvalue weighted by atomic mass is 16.5. The molecule has 0 fully saturated rings. The Morgan fingerprint density at radius 3 is 2.56 bits per heavy atom. The maximum Gasteiger partial charge on any atom is 0.247 e. The van der Waals surface area contributed by atoms with Crippen LogP contribution in [0.3, 0.4) is 0 Å². The minimum atomic E-state index is 0.563. The van der Waals surface area contributed by atoms with Gasteiger partial charge in [-0.3, -0.25) is 4.90 Å². The second-order valence-corrected chi connectivity index (χ2v) is 6.12. The monoisotopic (exact) mass is 337 g/mol. The SMILES string of the molecule is CCOc1ccc(CN(C)Cc2nnc(-c3cccc(C)c3)o2)cc1. The van der Waals surface area contributed by atoms with Crippen molar-refractivity contribution in [3.63, 3.8) is 0 Å². The molecule has 1 aromatic heterocycles. The highest BCUT2D eigenvalue weighted by molar-refractivity contribution is 5.53. The van der Waals surface area contributed by atoms with E-state index in [0.29, 0.717) is 24.9 Å². The van der Waals surface area contributed by atoms with E-state index in [1.807, 2.05) is 57.3 Å². The largest absolute Gasteiger partial charge is 0.494 e. The zero-order valence-corrected chi connectivity index (χ0v) is 14.9. The summed E-state index contributed by atoms with van der Waals surface area (Å²) in [5.74, 6) is 2.08. The van der Waals surface area contributed by atoms with Gasteiger partial charge >= 0.3 is 0 Å².